The maximum Gasteiger partial charge on any atom is 0.0868 e. The van der Waals surface area contributed by atoms with Gasteiger partial charge in [-0.25, -0.2) is 0 Å². The summed E-state index contributed by atoms with van der Waals surface area (Å²) in [7, 11) is 0. The first-order valence-corrected chi connectivity index (χ1v) is 8.38. The molecule has 0 spiro atoms. The van der Waals surface area contributed by atoms with Crippen molar-refractivity contribution in [2.75, 3.05) is 0 Å². The summed E-state index contributed by atoms with van der Waals surface area (Å²) in [6.45, 7) is 0. The molecule has 0 heterocycles. The fourth-order valence-corrected chi connectivity index (χ4v) is 6.87. The molecule has 0 aromatic rings. The van der Waals surface area contributed by atoms with Crippen molar-refractivity contribution in [1.29, 1.82) is 0 Å². The zero-order valence-electron chi connectivity index (χ0n) is 7.65. The molecule has 4 unspecified atom stereocenters. The molecule has 0 radical (unpaired) electrons. The van der Waals surface area contributed by atoms with Gasteiger partial charge in [-0.2, -0.15) is 0 Å². The lowest BCUT2D eigenvalue weighted by Gasteiger charge is -2.03. The third kappa shape index (κ3) is 1.46. The first-order valence-electron chi connectivity index (χ1n) is 5.21. The molecule has 4 heteroatoms. The molecule has 0 aromatic heterocycles. The smallest absolute Gasteiger partial charge is 0.0721 e. The third-order valence-electron chi connectivity index (χ3n) is 4.27. The van der Waals surface area contributed by atoms with Gasteiger partial charge in [0.2, 0.25) is 0 Å². The number of rotatable bonds is 0. The lowest BCUT2D eigenvalue weighted by molar-refractivity contribution is 0.468. The van der Waals surface area contributed by atoms with Crippen LogP contribution < -0.4 is 0 Å². The molecule has 0 aliphatic heterocycles. The van der Waals surface area contributed by atoms with Crippen molar-refractivity contribution in [1.82, 2.24) is 0 Å². The molecule has 0 N–H and O–H groups in total. The average molecular weight is 452 g/mol. The van der Waals surface area contributed by atoms with E-state index in [0.717, 1.165) is 23.7 Å². The summed E-state index contributed by atoms with van der Waals surface area (Å²) >= 11 is 15.3. The van der Waals surface area contributed by atoms with Crippen LogP contribution in [0.2, 0.25) is 0 Å². The van der Waals surface area contributed by atoms with Crippen LogP contribution in [0.3, 0.4) is 0 Å². The fraction of sp³-hybridized carbons (Fsp3) is 1.00. The highest BCUT2D eigenvalue weighted by Gasteiger charge is 2.69. The lowest BCUT2D eigenvalue weighted by Crippen LogP contribution is -1.94. The van der Waals surface area contributed by atoms with Crippen molar-refractivity contribution in [3.8, 4) is 0 Å². The monoisotopic (exact) mass is 448 g/mol. The second kappa shape index (κ2) is 3.23. The topological polar surface area (TPSA) is 0 Å². The van der Waals surface area contributed by atoms with E-state index in [0.29, 0.717) is 0 Å². The zero-order valence-corrected chi connectivity index (χ0v) is 14.0. The summed E-state index contributed by atoms with van der Waals surface area (Å²) in [5, 5.41) is 0. The Balaban J connectivity index is 1.76. The Bertz CT molecular complexity index is 247. The van der Waals surface area contributed by atoms with Gasteiger partial charge >= 0.3 is 0 Å². The molecule has 0 nitrogen and oxygen atoms in total. The lowest BCUT2D eigenvalue weighted by atomic mass is 10.0. The molecule has 0 aromatic carbocycles. The number of halogens is 4. The third-order valence-corrected chi connectivity index (χ3v) is 8.97. The van der Waals surface area contributed by atoms with Crippen LogP contribution in [0.25, 0.3) is 0 Å². The highest BCUT2D eigenvalue weighted by Crippen LogP contribution is 2.74. The number of hydrogen-bond donors (Lipinski definition) is 0. The highest BCUT2D eigenvalue weighted by atomic mass is 79.9. The van der Waals surface area contributed by atoms with Crippen LogP contribution in [-0.2, 0) is 0 Å². The number of alkyl halides is 4. The molecule has 3 rings (SSSR count). The van der Waals surface area contributed by atoms with Crippen LogP contribution in [-0.4, -0.2) is 6.47 Å². The molecule has 80 valence electrons. The van der Waals surface area contributed by atoms with Gasteiger partial charge in [0.05, 0.1) is 6.47 Å². The van der Waals surface area contributed by atoms with E-state index in [1.165, 1.54) is 25.7 Å². The maximum atomic E-state index is 3.82. The number of hydrogen-bond acceptors (Lipinski definition) is 0. The summed E-state index contributed by atoms with van der Waals surface area (Å²) in [5.74, 6) is 3.46. The highest BCUT2D eigenvalue weighted by molar-refractivity contribution is 9.26. The summed E-state index contributed by atoms with van der Waals surface area (Å²) in [4.78, 5) is 0. The Morgan fingerprint density at radius 3 is 1.57 bits per heavy atom. The van der Waals surface area contributed by atoms with Gasteiger partial charge in [-0.3, -0.25) is 0 Å². The van der Waals surface area contributed by atoms with Gasteiger partial charge in [-0.1, -0.05) is 70.1 Å². The van der Waals surface area contributed by atoms with E-state index >= 15 is 0 Å². The summed E-state index contributed by atoms with van der Waals surface area (Å²) in [6.07, 6.45) is 5.53. The Morgan fingerprint density at radius 1 is 0.714 bits per heavy atom. The molecule has 0 amide bonds. The molecule has 14 heavy (non-hydrogen) atoms. The molecule has 0 saturated heterocycles. The van der Waals surface area contributed by atoms with Crippen LogP contribution in [0, 0.1) is 23.7 Å². The summed E-state index contributed by atoms with van der Waals surface area (Å²) in [6, 6.07) is 0. The van der Waals surface area contributed by atoms with Crippen molar-refractivity contribution in [3.05, 3.63) is 0 Å². The minimum Gasteiger partial charge on any atom is -0.0721 e. The quantitative estimate of drug-likeness (QED) is 0.453. The summed E-state index contributed by atoms with van der Waals surface area (Å²) < 4.78 is 0.571. The van der Waals surface area contributed by atoms with Crippen molar-refractivity contribution >= 4 is 63.7 Å². The van der Waals surface area contributed by atoms with Crippen LogP contribution in [0.5, 0.6) is 0 Å². The van der Waals surface area contributed by atoms with Crippen molar-refractivity contribution < 1.29 is 0 Å². The fourth-order valence-electron chi connectivity index (χ4n) is 3.18. The SMILES string of the molecule is BrC1(Br)C2CCCC3C(CC21)C3(Br)Br. The van der Waals surface area contributed by atoms with Gasteiger partial charge < -0.3 is 0 Å². The van der Waals surface area contributed by atoms with Gasteiger partial charge in [0.25, 0.3) is 0 Å². The predicted octanol–water partition coefficient (Wildman–Crippen LogP) is 5.02. The Labute approximate surface area is 118 Å². The molecule has 3 aliphatic rings. The van der Waals surface area contributed by atoms with E-state index in [-0.39, 0.29) is 6.47 Å². The molecule has 4 atom stereocenters. The second-order valence-electron chi connectivity index (χ2n) is 4.94. The Morgan fingerprint density at radius 2 is 1.14 bits per heavy atom. The largest absolute Gasteiger partial charge is 0.0868 e. The molecular weight excluding hydrogens is 440 g/mol. The van der Waals surface area contributed by atoms with Crippen LogP contribution in [0.15, 0.2) is 0 Å². The predicted molar refractivity (Wildman–Crippen MR) is 73.6 cm³/mol. The molecule has 3 saturated carbocycles. The molecule has 0 bridgehead atoms. The Hall–Kier alpha value is 1.92. The maximum absolute atomic E-state index is 3.82. The molecule has 3 aliphatic carbocycles. The van der Waals surface area contributed by atoms with E-state index in [4.69, 9.17) is 0 Å². The van der Waals surface area contributed by atoms with Crippen LogP contribution in [0.4, 0.5) is 0 Å². The van der Waals surface area contributed by atoms with E-state index in [2.05, 4.69) is 63.7 Å². The normalized spacial score (nSPS) is 52.3. The number of fused-ring (bicyclic) bond motifs is 2. The van der Waals surface area contributed by atoms with E-state index in [1.54, 1.807) is 0 Å². The zero-order chi connectivity index (χ0) is 10.1. The Kier molecular flexibility index (Phi) is 2.55. The van der Waals surface area contributed by atoms with Gasteiger partial charge in [0.15, 0.2) is 0 Å². The van der Waals surface area contributed by atoms with E-state index in [1.807, 2.05) is 0 Å². The minimum atomic E-state index is 0.285. The average Bonchev–Trinajstić information content (AvgIpc) is 2.66. The van der Waals surface area contributed by atoms with Gasteiger partial charge in [-0.15, -0.1) is 0 Å². The van der Waals surface area contributed by atoms with Crippen LogP contribution in [0.1, 0.15) is 25.7 Å². The van der Waals surface area contributed by atoms with Gasteiger partial charge in [-0.05, 0) is 42.9 Å². The first-order chi connectivity index (χ1) is 6.45. The van der Waals surface area contributed by atoms with Crippen molar-refractivity contribution in [2.24, 2.45) is 23.7 Å². The first kappa shape index (κ1) is 11.0. The van der Waals surface area contributed by atoms with Crippen LogP contribution >= 0.6 is 63.7 Å². The molecular formula is C10H12Br4. The second-order valence-corrected chi connectivity index (χ2v) is 12.3. The standard InChI is InChI=1S/C10H12Br4/c11-9(12)5-2-1-3-6-8(4-7(5)9)10(6,13)14/h5-8H,1-4H2. The van der Waals surface area contributed by atoms with Gasteiger partial charge in [0.1, 0.15) is 0 Å². The van der Waals surface area contributed by atoms with Crippen molar-refractivity contribution in [2.45, 2.75) is 32.2 Å². The van der Waals surface area contributed by atoms with Gasteiger partial charge in [0, 0.05) is 0 Å². The summed E-state index contributed by atoms with van der Waals surface area (Å²) in [5.41, 5.74) is 0. The molecule has 3 fully saturated rings. The van der Waals surface area contributed by atoms with Crippen molar-refractivity contribution in [3.63, 3.8) is 0 Å². The van der Waals surface area contributed by atoms with E-state index in [9.17, 15) is 0 Å². The van der Waals surface area contributed by atoms with E-state index < -0.39 is 0 Å². The minimum absolute atomic E-state index is 0.285.